The van der Waals surface area contributed by atoms with Gasteiger partial charge >= 0.3 is 12.1 Å². The van der Waals surface area contributed by atoms with Crippen LogP contribution >= 0.6 is 0 Å². The maximum Gasteiger partial charge on any atom is 0.414 e. The van der Waals surface area contributed by atoms with E-state index >= 15 is 0 Å². The molecule has 1 amide bonds. The molecule has 0 saturated heterocycles. The zero-order valence-corrected chi connectivity index (χ0v) is 19.1. The summed E-state index contributed by atoms with van der Waals surface area (Å²) in [5, 5.41) is 11.8. The minimum atomic E-state index is -0.873. The molecule has 0 atom stereocenters. The number of ether oxygens (including phenoxy) is 2. The predicted octanol–water partition coefficient (Wildman–Crippen LogP) is 5.90. The number of carbonyl (C=O) groups excluding carboxylic acids is 2. The van der Waals surface area contributed by atoms with E-state index < -0.39 is 12.1 Å². The van der Waals surface area contributed by atoms with Crippen LogP contribution in [0, 0.1) is 0 Å². The van der Waals surface area contributed by atoms with Gasteiger partial charge in [0.15, 0.2) is 5.75 Å². The molecule has 0 radical (unpaired) electrons. The standard InChI is InChI=1S/C24H40N2O5/c1-2-3-4-5-6-7-8-9-10-11-12-13-14-15-19-30-22(28)20-26-24(29)31-23-21(27)17-16-18-25-23/h16-18,27H,2-15,19-20H2,1H3,(H,26,29). The van der Waals surface area contributed by atoms with E-state index in [4.69, 9.17) is 9.47 Å². The molecule has 1 aromatic rings. The SMILES string of the molecule is CCCCCCCCCCCCCCCCOC(=O)CNC(=O)Oc1ncccc1O. The molecule has 0 aliphatic rings. The molecule has 176 valence electrons. The van der Waals surface area contributed by atoms with Crippen molar-refractivity contribution in [3.05, 3.63) is 18.3 Å². The Hall–Kier alpha value is -2.31. The minimum absolute atomic E-state index is 0.212. The Morgan fingerprint density at radius 1 is 0.903 bits per heavy atom. The summed E-state index contributed by atoms with van der Waals surface area (Å²) in [6.07, 6.45) is 18.4. The smallest absolute Gasteiger partial charge is 0.414 e. The molecule has 0 fully saturated rings. The molecular formula is C24H40N2O5. The Kier molecular flexibility index (Phi) is 15.9. The molecule has 2 N–H and O–H groups in total. The molecule has 1 aromatic heterocycles. The Morgan fingerprint density at radius 2 is 1.45 bits per heavy atom. The zero-order valence-electron chi connectivity index (χ0n) is 19.1. The Balaban J connectivity index is 1.86. The van der Waals surface area contributed by atoms with Gasteiger partial charge in [-0.2, -0.15) is 0 Å². The zero-order chi connectivity index (χ0) is 22.6. The van der Waals surface area contributed by atoms with E-state index in [1.165, 1.54) is 89.0 Å². The van der Waals surface area contributed by atoms with Crippen molar-refractivity contribution in [3.8, 4) is 11.6 Å². The molecule has 0 spiro atoms. The van der Waals surface area contributed by atoms with Crippen LogP contribution in [-0.4, -0.2) is 35.3 Å². The van der Waals surface area contributed by atoms with E-state index in [2.05, 4.69) is 17.2 Å². The lowest BCUT2D eigenvalue weighted by Gasteiger charge is -2.07. The Labute approximate surface area is 186 Å². The largest absolute Gasteiger partial charge is 0.503 e. The van der Waals surface area contributed by atoms with Gasteiger partial charge in [0.05, 0.1) is 6.61 Å². The van der Waals surface area contributed by atoms with Gasteiger partial charge in [-0.3, -0.25) is 4.79 Å². The molecule has 1 heterocycles. The third-order valence-corrected chi connectivity index (χ3v) is 5.08. The molecule has 31 heavy (non-hydrogen) atoms. The van der Waals surface area contributed by atoms with Gasteiger partial charge in [0.1, 0.15) is 6.54 Å². The number of esters is 1. The highest BCUT2D eigenvalue weighted by Crippen LogP contribution is 2.20. The lowest BCUT2D eigenvalue weighted by molar-refractivity contribution is -0.142. The highest BCUT2D eigenvalue weighted by atomic mass is 16.6. The lowest BCUT2D eigenvalue weighted by atomic mass is 10.0. The van der Waals surface area contributed by atoms with Gasteiger partial charge < -0.3 is 19.9 Å². The van der Waals surface area contributed by atoms with Crippen LogP contribution < -0.4 is 10.1 Å². The third kappa shape index (κ3) is 15.2. The summed E-state index contributed by atoms with van der Waals surface area (Å²) in [5.74, 6) is -0.981. The number of nitrogens with one attached hydrogen (secondary N) is 1. The van der Waals surface area contributed by atoms with Gasteiger partial charge in [0, 0.05) is 6.20 Å². The normalized spacial score (nSPS) is 10.6. The van der Waals surface area contributed by atoms with Crippen molar-refractivity contribution in [2.75, 3.05) is 13.2 Å². The Morgan fingerprint density at radius 3 is 2.00 bits per heavy atom. The van der Waals surface area contributed by atoms with Crippen LogP contribution in [0.2, 0.25) is 0 Å². The van der Waals surface area contributed by atoms with Gasteiger partial charge in [0.2, 0.25) is 0 Å². The first-order chi connectivity index (χ1) is 15.1. The minimum Gasteiger partial charge on any atom is -0.503 e. The second-order valence-corrected chi connectivity index (χ2v) is 7.89. The first-order valence-corrected chi connectivity index (χ1v) is 11.9. The summed E-state index contributed by atoms with van der Waals surface area (Å²) in [4.78, 5) is 27.0. The topological polar surface area (TPSA) is 97.8 Å². The number of aromatic nitrogens is 1. The maximum atomic E-state index is 11.6. The van der Waals surface area contributed by atoms with Gasteiger partial charge in [-0.15, -0.1) is 0 Å². The van der Waals surface area contributed by atoms with Crippen molar-refractivity contribution in [1.29, 1.82) is 0 Å². The highest BCUT2D eigenvalue weighted by Gasteiger charge is 2.11. The second-order valence-electron chi connectivity index (χ2n) is 7.89. The number of nitrogens with zero attached hydrogens (tertiary/aromatic N) is 1. The van der Waals surface area contributed by atoms with Gasteiger partial charge in [-0.05, 0) is 18.6 Å². The number of amides is 1. The highest BCUT2D eigenvalue weighted by molar-refractivity contribution is 5.78. The van der Waals surface area contributed by atoms with E-state index in [-0.39, 0.29) is 18.2 Å². The molecule has 0 aliphatic carbocycles. The van der Waals surface area contributed by atoms with E-state index in [0.29, 0.717) is 6.61 Å². The van der Waals surface area contributed by atoms with Crippen LogP contribution in [0.5, 0.6) is 11.6 Å². The van der Waals surface area contributed by atoms with E-state index in [1.807, 2.05) is 0 Å². The molecule has 0 aliphatic heterocycles. The lowest BCUT2D eigenvalue weighted by Crippen LogP contribution is -2.33. The van der Waals surface area contributed by atoms with Crippen molar-refractivity contribution in [2.45, 2.75) is 96.8 Å². The summed E-state index contributed by atoms with van der Waals surface area (Å²) < 4.78 is 9.91. The first-order valence-electron chi connectivity index (χ1n) is 11.9. The fraction of sp³-hybridized carbons (Fsp3) is 0.708. The maximum absolute atomic E-state index is 11.6. The second kappa shape index (κ2) is 18.5. The predicted molar refractivity (Wildman–Crippen MR) is 121 cm³/mol. The van der Waals surface area contributed by atoms with Crippen LogP contribution in [0.4, 0.5) is 4.79 Å². The fourth-order valence-corrected chi connectivity index (χ4v) is 3.26. The van der Waals surface area contributed by atoms with Crippen molar-refractivity contribution in [3.63, 3.8) is 0 Å². The molecule has 0 unspecified atom stereocenters. The molecule has 1 rings (SSSR count). The quantitative estimate of drug-likeness (QED) is 0.220. The summed E-state index contributed by atoms with van der Waals surface area (Å²) in [7, 11) is 0. The van der Waals surface area contributed by atoms with E-state index in [0.717, 1.165) is 19.3 Å². The Bertz CT molecular complexity index is 609. The molecule has 0 bridgehead atoms. The summed E-state index contributed by atoms with van der Waals surface area (Å²) in [5.41, 5.74) is 0. The molecular weight excluding hydrogens is 396 g/mol. The van der Waals surface area contributed by atoms with Crippen LogP contribution in [0.25, 0.3) is 0 Å². The van der Waals surface area contributed by atoms with Gasteiger partial charge in [-0.1, -0.05) is 90.4 Å². The molecule has 7 nitrogen and oxygen atoms in total. The van der Waals surface area contributed by atoms with Gasteiger partial charge in [0.25, 0.3) is 5.88 Å². The molecule has 0 saturated carbocycles. The monoisotopic (exact) mass is 436 g/mol. The number of hydrogen-bond donors (Lipinski definition) is 2. The number of unbranched alkanes of at least 4 members (excludes halogenated alkanes) is 13. The van der Waals surface area contributed by atoms with Gasteiger partial charge in [-0.25, -0.2) is 9.78 Å². The average molecular weight is 437 g/mol. The number of rotatable bonds is 18. The van der Waals surface area contributed by atoms with Crippen LogP contribution in [-0.2, 0) is 9.53 Å². The van der Waals surface area contributed by atoms with Crippen molar-refractivity contribution >= 4 is 12.1 Å². The molecule has 0 aromatic carbocycles. The third-order valence-electron chi connectivity index (χ3n) is 5.08. The number of pyridine rings is 1. The fourth-order valence-electron chi connectivity index (χ4n) is 3.26. The molecule has 7 heteroatoms. The number of hydrogen-bond acceptors (Lipinski definition) is 6. The van der Waals surface area contributed by atoms with Crippen molar-refractivity contribution in [1.82, 2.24) is 10.3 Å². The van der Waals surface area contributed by atoms with Crippen molar-refractivity contribution < 1.29 is 24.2 Å². The van der Waals surface area contributed by atoms with E-state index in [9.17, 15) is 14.7 Å². The first kappa shape index (κ1) is 26.7. The van der Waals surface area contributed by atoms with E-state index in [1.54, 1.807) is 0 Å². The van der Waals surface area contributed by atoms with Crippen LogP contribution in [0.15, 0.2) is 18.3 Å². The summed E-state index contributed by atoms with van der Waals surface area (Å²) in [6.45, 7) is 2.32. The van der Waals surface area contributed by atoms with Crippen molar-refractivity contribution in [2.24, 2.45) is 0 Å². The summed E-state index contributed by atoms with van der Waals surface area (Å²) >= 11 is 0. The van der Waals surface area contributed by atoms with Crippen LogP contribution in [0.1, 0.15) is 96.8 Å². The summed E-state index contributed by atoms with van der Waals surface area (Å²) in [6, 6.07) is 2.86. The van der Waals surface area contributed by atoms with Crippen LogP contribution in [0.3, 0.4) is 0 Å². The number of aromatic hydroxyl groups is 1. The average Bonchev–Trinajstić information content (AvgIpc) is 2.76. The number of carbonyl (C=O) groups is 2.